The van der Waals surface area contributed by atoms with Crippen molar-refractivity contribution in [2.75, 3.05) is 32.6 Å². The van der Waals surface area contributed by atoms with E-state index in [0.29, 0.717) is 0 Å². The van der Waals surface area contributed by atoms with Crippen LogP contribution in [0.3, 0.4) is 0 Å². The van der Waals surface area contributed by atoms with E-state index in [1.54, 1.807) is 7.05 Å². The van der Waals surface area contributed by atoms with Crippen molar-refractivity contribution in [1.82, 2.24) is 4.90 Å². The van der Waals surface area contributed by atoms with Crippen LogP contribution in [0.15, 0.2) is 24.3 Å². The summed E-state index contributed by atoms with van der Waals surface area (Å²) in [5, 5.41) is 12.3. The molecule has 1 rings (SSSR count). The standard InChI is InChI=1S/C12H17IN2O3/c1-15(7-9(16)8-18-2)12(17)14-11-6-4-3-5-10(11)13/h3-6,9,16H,7-8H2,1-2H3,(H,14,17). The fourth-order valence-corrected chi connectivity index (χ4v) is 1.94. The van der Waals surface area contributed by atoms with E-state index in [9.17, 15) is 9.90 Å². The Morgan fingerprint density at radius 3 is 2.83 bits per heavy atom. The summed E-state index contributed by atoms with van der Waals surface area (Å²) in [6.07, 6.45) is -0.680. The quantitative estimate of drug-likeness (QED) is 0.783. The third-order valence-electron chi connectivity index (χ3n) is 2.31. The topological polar surface area (TPSA) is 61.8 Å². The van der Waals surface area contributed by atoms with Gasteiger partial charge in [-0.15, -0.1) is 0 Å². The Kier molecular flexibility index (Phi) is 6.37. The smallest absolute Gasteiger partial charge is 0.321 e. The Hall–Kier alpha value is -0.860. The van der Waals surface area contributed by atoms with Gasteiger partial charge in [-0.1, -0.05) is 12.1 Å². The van der Waals surface area contributed by atoms with E-state index in [2.05, 4.69) is 27.9 Å². The number of likely N-dealkylation sites (N-methyl/N-ethyl adjacent to an activating group) is 1. The first kappa shape index (κ1) is 15.2. The minimum atomic E-state index is -0.680. The number of hydrogen-bond donors (Lipinski definition) is 2. The van der Waals surface area contributed by atoms with Crippen LogP contribution in [-0.4, -0.2) is 49.5 Å². The number of hydrogen-bond acceptors (Lipinski definition) is 3. The molecule has 0 bridgehead atoms. The van der Waals surface area contributed by atoms with Crippen LogP contribution in [-0.2, 0) is 4.74 Å². The third kappa shape index (κ3) is 4.79. The van der Waals surface area contributed by atoms with E-state index in [1.807, 2.05) is 24.3 Å². The van der Waals surface area contributed by atoms with E-state index in [1.165, 1.54) is 12.0 Å². The van der Waals surface area contributed by atoms with Crippen molar-refractivity contribution in [1.29, 1.82) is 0 Å². The van der Waals surface area contributed by atoms with Gasteiger partial charge in [0.15, 0.2) is 0 Å². The maximum atomic E-state index is 11.9. The largest absolute Gasteiger partial charge is 0.389 e. The van der Waals surface area contributed by atoms with E-state index in [4.69, 9.17) is 4.74 Å². The number of anilines is 1. The molecule has 0 heterocycles. The lowest BCUT2D eigenvalue weighted by molar-refractivity contribution is 0.0501. The zero-order chi connectivity index (χ0) is 13.5. The number of aliphatic hydroxyl groups is 1. The van der Waals surface area contributed by atoms with Gasteiger partial charge in [-0.05, 0) is 34.7 Å². The molecule has 100 valence electrons. The first-order valence-corrected chi connectivity index (χ1v) is 6.56. The molecule has 5 nitrogen and oxygen atoms in total. The fraction of sp³-hybridized carbons (Fsp3) is 0.417. The van der Waals surface area contributed by atoms with Gasteiger partial charge in [0, 0.05) is 17.7 Å². The van der Waals surface area contributed by atoms with Gasteiger partial charge in [-0.2, -0.15) is 0 Å². The van der Waals surface area contributed by atoms with Crippen LogP contribution in [0.4, 0.5) is 10.5 Å². The molecule has 0 saturated heterocycles. The van der Waals surface area contributed by atoms with Crippen molar-refractivity contribution < 1.29 is 14.6 Å². The zero-order valence-corrected chi connectivity index (χ0v) is 12.5. The molecular formula is C12H17IN2O3. The molecule has 0 aliphatic rings. The van der Waals surface area contributed by atoms with E-state index < -0.39 is 6.10 Å². The number of rotatable bonds is 5. The average molecular weight is 364 g/mol. The lowest BCUT2D eigenvalue weighted by Gasteiger charge is -2.21. The fourth-order valence-electron chi connectivity index (χ4n) is 1.42. The summed E-state index contributed by atoms with van der Waals surface area (Å²) >= 11 is 2.15. The van der Waals surface area contributed by atoms with Gasteiger partial charge >= 0.3 is 6.03 Å². The predicted octanol–water partition coefficient (Wildman–Crippen LogP) is 1.76. The van der Waals surface area contributed by atoms with Crippen LogP contribution >= 0.6 is 22.6 Å². The Morgan fingerprint density at radius 2 is 2.22 bits per heavy atom. The number of urea groups is 1. The lowest BCUT2D eigenvalue weighted by Crippen LogP contribution is -2.38. The predicted molar refractivity (Wildman–Crippen MR) is 78.7 cm³/mol. The Balaban J connectivity index is 2.52. The SMILES string of the molecule is COCC(O)CN(C)C(=O)Nc1ccccc1I. The lowest BCUT2D eigenvalue weighted by atomic mass is 10.3. The first-order chi connectivity index (χ1) is 8.54. The van der Waals surface area contributed by atoms with Gasteiger partial charge in [-0.3, -0.25) is 0 Å². The molecule has 6 heteroatoms. The molecule has 0 aliphatic heterocycles. The second-order valence-electron chi connectivity index (χ2n) is 3.90. The molecule has 18 heavy (non-hydrogen) atoms. The number of halogens is 1. The number of ether oxygens (including phenoxy) is 1. The minimum Gasteiger partial charge on any atom is -0.389 e. The molecule has 0 aliphatic carbocycles. The van der Waals surface area contributed by atoms with Crippen molar-refractivity contribution >= 4 is 34.3 Å². The molecule has 0 aromatic heterocycles. The van der Waals surface area contributed by atoms with Gasteiger partial charge in [-0.25, -0.2) is 4.79 Å². The Labute approximate surface area is 120 Å². The highest BCUT2D eigenvalue weighted by Gasteiger charge is 2.14. The van der Waals surface area contributed by atoms with Crippen LogP contribution in [0, 0.1) is 3.57 Å². The number of methoxy groups -OCH3 is 1. The summed E-state index contributed by atoms with van der Waals surface area (Å²) in [6.45, 7) is 0.434. The summed E-state index contributed by atoms with van der Waals surface area (Å²) in [5.74, 6) is 0. The number of para-hydroxylation sites is 1. The van der Waals surface area contributed by atoms with E-state index in [-0.39, 0.29) is 19.2 Å². The van der Waals surface area contributed by atoms with Gasteiger partial charge in [0.1, 0.15) is 0 Å². The number of carbonyl (C=O) groups is 1. The summed E-state index contributed by atoms with van der Waals surface area (Å²) in [5.41, 5.74) is 0.760. The molecule has 0 spiro atoms. The second-order valence-corrected chi connectivity index (χ2v) is 5.06. The highest BCUT2D eigenvalue weighted by Crippen LogP contribution is 2.17. The van der Waals surface area contributed by atoms with Gasteiger partial charge in [0.05, 0.1) is 24.9 Å². The molecule has 0 fully saturated rings. The maximum Gasteiger partial charge on any atom is 0.321 e. The molecule has 2 N–H and O–H groups in total. The van der Waals surface area contributed by atoms with Crippen molar-refractivity contribution in [2.45, 2.75) is 6.10 Å². The number of benzene rings is 1. The first-order valence-electron chi connectivity index (χ1n) is 5.48. The monoisotopic (exact) mass is 364 g/mol. The molecular weight excluding hydrogens is 347 g/mol. The molecule has 1 aromatic carbocycles. The number of aliphatic hydroxyl groups excluding tert-OH is 1. The summed E-state index contributed by atoms with van der Waals surface area (Å²) in [6, 6.07) is 7.25. The van der Waals surface area contributed by atoms with Crippen LogP contribution < -0.4 is 5.32 Å². The van der Waals surface area contributed by atoms with E-state index >= 15 is 0 Å². The number of amides is 2. The van der Waals surface area contributed by atoms with Crippen molar-refractivity contribution in [3.63, 3.8) is 0 Å². The van der Waals surface area contributed by atoms with Crippen LogP contribution in [0.1, 0.15) is 0 Å². The van der Waals surface area contributed by atoms with Crippen molar-refractivity contribution in [2.24, 2.45) is 0 Å². The molecule has 2 amide bonds. The number of nitrogens with one attached hydrogen (secondary N) is 1. The minimum absolute atomic E-state index is 0.209. The Morgan fingerprint density at radius 1 is 1.56 bits per heavy atom. The highest BCUT2D eigenvalue weighted by atomic mass is 127. The van der Waals surface area contributed by atoms with Crippen molar-refractivity contribution in [3.8, 4) is 0 Å². The molecule has 0 saturated carbocycles. The van der Waals surface area contributed by atoms with Gasteiger partial charge in [0.2, 0.25) is 0 Å². The summed E-state index contributed by atoms with van der Waals surface area (Å²) < 4.78 is 5.78. The van der Waals surface area contributed by atoms with Crippen LogP contribution in [0.5, 0.6) is 0 Å². The van der Waals surface area contributed by atoms with Crippen molar-refractivity contribution in [3.05, 3.63) is 27.8 Å². The number of carbonyl (C=O) groups excluding carboxylic acids is 1. The summed E-state index contributed by atoms with van der Waals surface area (Å²) in [4.78, 5) is 13.3. The molecule has 0 radical (unpaired) electrons. The maximum absolute atomic E-state index is 11.9. The molecule has 1 aromatic rings. The molecule has 1 unspecified atom stereocenters. The average Bonchev–Trinajstić information content (AvgIpc) is 2.32. The van der Waals surface area contributed by atoms with E-state index in [0.717, 1.165) is 9.26 Å². The summed E-state index contributed by atoms with van der Waals surface area (Å²) in [7, 11) is 3.14. The van der Waals surface area contributed by atoms with Gasteiger partial charge < -0.3 is 20.1 Å². The highest BCUT2D eigenvalue weighted by molar-refractivity contribution is 14.1. The molecule has 1 atom stereocenters. The second kappa shape index (κ2) is 7.55. The van der Waals surface area contributed by atoms with Crippen LogP contribution in [0.25, 0.3) is 0 Å². The normalized spacial score (nSPS) is 12.0. The Bertz CT molecular complexity index is 401. The van der Waals surface area contributed by atoms with Gasteiger partial charge in [0.25, 0.3) is 0 Å². The van der Waals surface area contributed by atoms with Crippen LogP contribution in [0.2, 0.25) is 0 Å². The third-order valence-corrected chi connectivity index (χ3v) is 3.25. The zero-order valence-electron chi connectivity index (χ0n) is 10.4. The number of nitrogens with zero attached hydrogens (tertiary/aromatic N) is 1.